The van der Waals surface area contributed by atoms with Crippen molar-refractivity contribution in [3.63, 3.8) is 0 Å². The van der Waals surface area contributed by atoms with E-state index < -0.39 is 0 Å². The van der Waals surface area contributed by atoms with Crippen LogP contribution in [0.25, 0.3) is 0 Å². The van der Waals surface area contributed by atoms with E-state index in [4.69, 9.17) is 21.4 Å². The number of methoxy groups -OCH3 is 1. The molecule has 1 aromatic rings. The first kappa shape index (κ1) is 8.30. The molecule has 4 heteroatoms. The summed E-state index contributed by atoms with van der Waals surface area (Å²) >= 11 is 5.73. The van der Waals surface area contributed by atoms with Crippen molar-refractivity contribution in [2.45, 2.75) is 6.61 Å². The van der Waals surface area contributed by atoms with Gasteiger partial charge in [0.25, 0.3) is 0 Å². The van der Waals surface area contributed by atoms with E-state index in [0.29, 0.717) is 16.5 Å². The molecule has 0 aromatic carbocycles. The maximum absolute atomic E-state index is 8.83. The first-order valence-electron chi connectivity index (χ1n) is 3.07. The van der Waals surface area contributed by atoms with E-state index in [1.54, 1.807) is 6.07 Å². The van der Waals surface area contributed by atoms with Gasteiger partial charge in [0, 0.05) is 6.20 Å². The fraction of sp³-hybridized carbons (Fsp3) is 0.286. The molecular formula is C7H8ClNO2. The third-order valence-electron chi connectivity index (χ3n) is 1.31. The molecule has 0 amide bonds. The van der Waals surface area contributed by atoms with E-state index in [1.807, 2.05) is 0 Å². The number of aliphatic hydroxyl groups is 1. The number of ether oxygens (including phenoxy) is 1. The lowest BCUT2D eigenvalue weighted by Gasteiger charge is -2.04. The van der Waals surface area contributed by atoms with Crippen molar-refractivity contribution in [2.24, 2.45) is 0 Å². The second kappa shape index (κ2) is 3.55. The van der Waals surface area contributed by atoms with Gasteiger partial charge in [-0.05, 0) is 6.07 Å². The summed E-state index contributed by atoms with van der Waals surface area (Å²) < 4.78 is 4.86. The largest absolute Gasteiger partial charge is 0.481 e. The lowest BCUT2D eigenvalue weighted by atomic mass is 10.3. The molecule has 0 aliphatic rings. The summed E-state index contributed by atoms with van der Waals surface area (Å²) in [5.41, 5.74) is 0.525. The Morgan fingerprint density at radius 2 is 2.45 bits per heavy atom. The van der Waals surface area contributed by atoms with Crippen molar-refractivity contribution in [3.8, 4) is 5.88 Å². The number of aliphatic hydroxyl groups excluding tert-OH is 1. The lowest BCUT2D eigenvalue weighted by molar-refractivity contribution is 0.271. The predicted molar refractivity (Wildman–Crippen MR) is 41.7 cm³/mol. The predicted octanol–water partition coefficient (Wildman–Crippen LogP) is 1.24. The highest BCUT2D eigenvalue weighted by molar-refractivity contribution is 6.31. The highest BCUT2D eigenvalue weighted by Crippen LogP contribution is 2.22. The number of aromatic nitrogens is 1. The third kappa shape index (κ3) is 1.61. The number of pyridine rings is 1. The standard InChI is InChI=1S/C7H8ClNO2/c1-11-7-5(4-10)6(8)2-3-9-7/h2-3,10H,4H2,1H3. The Morgan fingerprint density at radius 1 is 1.73 bits per heavy atom. The van der Waals surface area contributed by atoms with Crippen LogP contribution in [0.1, 0.15) is 5.56 Å². The van der Waals surface area contributed by atoms with Crippen LogP contribution in [0.5, 0.6) is 5.88 Å². The summed E-state index contributed by atoms with van der Waals surface area (Å²) in [4.78, 5) is 3.86. The van der Waals surface area contributed by atoms with E-state index in [9.17, 15) is 0 Å². The SMILES string of the molecule is COc1nccc(Cl)c1CO. The average molecular weight is 174 g/mol. The van der Waals surface area contributed by atoms with Crippen LogP contribution in [0.2, 0.25) is 5.02 Å². The zero-order valence-corrected chi connectivity index (χ0v) is 6.80. The molecule has 11 heavy (non-hydrogen) atoms. The van der Waals surface area contributed by atoms with E-state index in [0.717, 1.165) is 0 Å². The molecule has 0 saturated carbocycles. The molecule has 1 aromatic heterocycles. The topological polar surface area (TPSA) is 42.4 Å². The molecule has 1 N–H and O–H groups in total. The first-order valence-corrected chi connectivity index (χ1v) is 3.45. The van der Waals surface area contributed by atoms with Crippen LogP contribution >= 0.6 is 11.6 Å². The summed E-state index contributed by atoms with van der Waals surface area (Å²) in [7, 11) is 1.48. The van der Waals surface area contributed by atoms with Crippen LogP contribution in [-0.2, 0) is 6.61 Å². The van der Waals surface area contributed by atoms with Gasteiger partial charge in [0.2, 0.25) is 5.88 Å². The quantitative estimate of drug-likeness (QED) is 0.732. The van der Waals surface area contributed by atoms with Gasteiger partial charge in [-0.3, -0.25) is 0 Å². The summed E-state index contributed by atoms with van der Waals surface area (Å²) in [6, 6.07) is 1.61. The van der Waals surface area contributed by atoms with Crippen molar-refractivity contribution in [1.82, 2.24) is 4.98 Å². The molecule has 0 aliphatic carbocycles. The highest BCUT2D eigenvalue weighted by atomic mass is 35.5. The Labute approximate surface area is 69.6 Å². The fourth-order valence-corrected chi connectivity index (χ4v) is 0.967. The van der Waals surface area contributed by atoms with Crippen molar-refractivity contribution >= 4 is 11.6 Å². The highest BCUT2D eigenvalue weighted by Gasteiger charge is 2.06. The van der Waals surface area contributed by atoms with E-state index in [-0.39, 0.29) is 6.61 Å². The number of hydrogen-bond acceptors (Lipinski definition) is 3. The first-order chi connectivity index (χ1) is 5.29. The van der Waals surface area contributed by atoms with Gasteiger partial charge in [-0.25, -0.2) is 4.98 Å². The summed E-state index contributed by atoms with van der Waals surface area (Å²) in [5.74, 6) is 0.375. The molecule has 0 aliphatic heterocycles. The number of hydrogen-bond donors (Lipinski definition) is 1. The maximum Gasteiger partial charge on any atom is 0.220 e. The second-order valence-corrected chi connectivity index (χ2v) is 2.35. The molecule has 0 unspecified atom stereocenters. The zero-order chi connectivity index (χ0) is 8.27. The molecule has 0 radical (unpaired) electrons. The Morgan fingerprint density at radius 3 is 2.91 bits per heavy atom. The van der Waals surface area contributed by atoms with E-state index in [1.165, 1.54) is 13.3 Å². The van der Waals surface area contributed by atoms with Gasteiger partial charge in [-0.2, -0.15) is 0 Å². The fourth-order valence-electron chi connectivity index (χ4n) is 0.770. The zero-order valence-electron chi connectivity index (χ0n) is 6.04. The van der Waals surface area contributed by atoms with Gasteiger partial charge in [0.15, 0.2) is 0 Å². The maximum atomic E-state index is 8.83. The van der Waals surface area contributed by atoms with Gasteiger partial charge in [0.1, 0.15) is 0 Å². The number of halogens is 1. The minimum absolute atomic E-state index is 0.157. The van der Waals surface area contributed by atoms with Crippen molar-refractivity contribution in [2.75, 3.05) is 7.11 Å². The van der Waals surface area contributed by atoms with Gasteiger partial charge < -0.3 is 9.84 Å². The Bertz CT molecular complexity index is 252. The second-order valence-electron chi connectivity index (χ2n) is 1.94. The van der Waals surface area contributed by atoms with Gasteiger partial charge >= 0.3 is 0 Å². The Hall–Kier alpha value is -0.800. The van der Waals surface area contributed by atoms with Crippen LogP contribution in [0.15, 0.2) is 12.3 Å². The molecule has 0 spiro atoms. The van der Waals surface area contributed by atoms with Crippen molar-refractivity contribution in [3.05, 3.63) is 22.8 Å². The number of nitrogens with zero attached hydrogens (tertiary/aromatic N) is 1. The van der Waals surface area contributed by atoms with Gasteiger partial charge in [0.05, 0.1) is 24.3 Å². The van der Waals surface area contributed by atoms with Gasteiger partial charge in [-0.1, -0.05) is 11.6 Å². The van der Waals surface area contributed by atoms with Crippen LogP contribution < -0.4 is 4.74 Å². The lowest BCUT2D eigenvalue weighted by Crippen LogP contribution is -1.95. The third-order valence-corrected chi connectivity index (χ3v) is 1.66. The number of rotatable bonds is 2. The van der Waals surface area contributed by atoms with E-state index in [2.05, 4.69) is 4.98 Å². The molecular weight excluding hydrogens is 166 g/mol. The van der Waals surface area contributed by atoms with Crippen LogP contribution in [0, 0.1) is 0 Å². The molecule has 60 valence electrons. The molecule has 0 saturated heterocycles. The van der Waals surface area contributed by atoms with Gasteiger partial charge in [-0.15, -0.1) is 0 Å². The smallest absolute Gasteiger partial charge is 0.220 e. The summed E-state index contributed by atoms with van der Waals surface area (Å²) in [6.45, 7) is -0.157. The Balaban J connectivity index is 3.13. The normalized spacial score (nSPS) is 9.73. The summed E-state index contributed by atoms with van der Waals surface area (Å²) in [6.07, 6.45) is 1.53. The van der Waals surface area contributed by atoms with Crippen LogP contribution in [0.3, 0.4) is 0 Å². The molecule has 1 heterocycles. The molecule has 0 fully saturated rings. The van der Waals surface area contributed by atoms with Crippen molar-refractivity contribution < 1.29 is 9.84 Å². The van der Waals surface area contributed by atoms with E-state index >= 15 is 0 Å². The minimum Gasteiger partial charge on any atom is -0.481 e. The molecule has 1 rings (SSSR count). The summed E-state index contributed by atoms with van der Waals surface area (Å²) in [5, 5.41) is 9.30. The van der Waals surface area contributed by atoms with Crippen molar-refractivity contribution in [1.29, 1.82) is 0 Å². The Kier molecular flexibility index (Phi) is 2.68. The molecule has 3 nitrogen and oxygen atoms in total. The molecule has 0 atom stereocenters. The minimum atomic E-state index is -0.157. The average Bonchev–Trinajstić information content (AvgIpc) is 2.04. The van der Waals surface area contributed by atoms with Crippen LogP contribution in [0.4, 0.5) is 0 Å². The monoisotopic (exact) mass is 173 g/mol. The molecule has 0 bridgehead atoms. The van der Waals surface area contributed by atoms with Crippen LogP contribution in [-0.4, -0.2) is 17.2 Å².